The second-order valence-electron chi connectivity index (χ2n) is 7.62. The molecule has 0 radical (unpaired) electrons. The van der Waals surface area contributed by atoms with Crippen molar-refractivity contribution in [3.63, 3.8) is 0 Å². The van der Waals surface area contributed by atoms with Crippen LogP contribution in [0.25, 0.3) is 5.52 Å². The number of hydrogen-bond acceptors (Lipinski definition) is 3. The van der Waals surface area contributed by atoms with Crippen molar-refractivity contribution < 1.29 is 4.43 Å². The summed E-state index contributed by atoms with van der Waals surface area (Å²) in [5.74, 6) is 2.33. The van der Waals surface area contributed by atoms with Crippen LogP contribution in [0.5, 0.6) is 0 Å². The molecule has 7 heteroatoms. The molecule has 0 amide bonds. The predicted octanol–water partition coefficient (Wildman–Crippen LogP) is 4.05. The maximum Gasteiger partial charge on any atom is 0.162 e. The lowest BCUT2D eigenvalue weighted by molar-refractivity contribution is 0.156. The molecular formula is C16H23ClIN3OSi. The van der Waals surface area contributed by atoms with Crippen LogP contribution in [0.15, 0.2) is 12.4 Å². The van der Waals surface area contributed by atoms with E-state index in [9.17, 15) is 0 Å². The van der Waals surface area contributed by atoms with Crippen LogP contribution in [0.2, 0.25) is 11.2 Å². The van der Waals surface area contributed by atoms with Gasteiger partial charge in [-0.05, 0) is 52.8 Å². The Hall–Kier alpha value is -0.183. The molecule has 1 fully saturated rings. The van der Waals surface area contributed by atoms with E-state index in [-0.39, 0.29) is 9.76 Å². The molecule has 1 aliphatic carbocycles. The average molecular weight is 464 g/mol. The first kappa shape index (κ1) is 17.6. The van der Waals surface area contributed by atoms with Gasteiger partial charge < -0.3 is 4.43 Å². The summed E-state index contributed by atoms with van der Waals surface area (Å²) in [7, 11) is -0.373. The minimum Gasteiger partial charge on any atom is -0.424 e. The molecule has 4 nitrogen and oxygen atoms in total. The summed E-state index contributed by atoms with van der Waals surface area (Å²) in [6.07, 6.45) is 6.04. The highest BCUT2D eigenvalue weighted by atomic mass is 127. The largest absolute Gasteiger partial charge is 0.424 e. The molecule has 0 saturated heterocycles. The van der Waals surface area contributed by atoms with E-state index in [1.54, 1.807) is 6.20 Å². The fraction of sp³-hybridized carbons (Fsp3) is 0.625. The van der Waals surface area contributed by atoms with Crippen molar-refractivity contribution in [1.29, 1.82) is 0 Å². The summed E-state index contributed by atoms with van der Waals surface area (Å²) in [6, 6.07) is 1.25. The number of halogens is 2. The van der Waals surface area contributed by atoms with Crippen LogP contribution in [0.4, 0.5) is 0 Å². The van der Waals surface area contributed by atoms with Crippen LogP contribution < -0.4 is 0 Å². The van der Waals surface area contributed by atoms with E-state index in [0.717, 1.165) is 21.6 Å². The topological polar surface area (TPSA) is 39.4 Å². The molecule has 3 rings (SSSR count). The monoisotopic (exact) mass is 463 g/mol. The zero-order valence-electron chi connectivity index (χ0n) is 13.9. The van der Waals surface area contributed by atoms with Gasteiger partial charge in [0.05, 0.1) is 0 Å². The molecule has 0 atom stereocenters. The zero-order chi connectivity index (χ0) is 16.6. The number of rotatable bonds is 5. The molecule has 0 bridgehead atoms. The Morgan fingerprint density at radius 2 is 2.17 bits per heavy atom. The third-order valence-corrected chi connectivity index (χ3v) is 7.70. The molecule has 0 unspecified atom stereocenters. The van der Waals surface area contributed by atoms with Crippen molar-refractivity contribution in [2.24, 2.45) is 11.3 Å². The quantitative estimate of drug-likeness (QED) is 0.381. The number of hydrogen-bond donors (Lipinski definition) is 0. The van der Waals surface area contributed by atoms with Crippen molar-refractivity contribution in [3.8, 4) is 0 Å². The van der Waals surface area contributed by atoms with Gasteiger partial charge in [-0.2, -0.15) is 0 Å². The summed E-state index contributed by atoms with van der Waals surface area (Å²) in [5, 5.41) is 0.531. The number of nitrogens with zero attached hydrogens (tertiary/aromatic N) is 3. The van der Waals surface area contributed by atoms with Crippen LogP contribution in [-0.2, 0) is 4.43 Å². The molecule has 0 spiro atoms. The van der Waals surface area contributed by atoms with Gasteiger partial charge in [0.2, 0.25) is 0 Å². The molecule has 23 heavy (non-hydrogen) atoms. The van der Waals surface area contributed by atoms with Crippen LogP contribution >= 0.6 is 34.2 Å². The third-order valence-electron chi connectivity index (χ3n) is 4.45. The lowest BCUT2D eigenvalue weighted by atomic mass is 9.75. The lowest BCUT2D eigenvalue weighted by Crippen LogP contribution is -2.28. The van der Waals surface area contributed by atoms with Crippen LogP contribution in [-0.4, -0.2) is 30.7 Å². The van der Waals surface area contributed by atoms with Gasteiger partial charge in [-0.25, -0.2) is 9.97 Å². The van der Waals surface area contributed by atoms with Crippen LogP contribution in [0, 0.1) is 15.0 Å². The SMILES string of the molecule is CC(C)(C)C[SiH2]OCC1CC(c2nc(I)c3c(Cl)nccn23)C1. The Bertz CT molecular complexity index is 694. The fourth-order valence-electron chi connectivity index (χ4n) is 2.98. The number of imidazole rings is 1. The van der Waals surface area contributed by atoms with E-state index in [1.165, 1.54) is 18.9 Å². The Labute approximate surface area is 158 Å². The van der Waals surface area contributed by atoms with E-state index >= 15 is 0 Å². The van der Waals surface area contributed by atoms with Crippen molar-refractivity contribution >= 4 is 49.5 Å². The van der Waals surface area contributed by atoms with Crippen molar-refractivity contribution in [1.82, 2.24) is 14.4 Å². The van der Waals surface area contributed by atoms with Gasteiger partial charge in [-0.3, -0.25) is 4.40 Å². The molecule has 0 aromatic carbocycles. The van der Waals surface area contributed by atoms with Gasteiger partial charge in [-0.1, -0.05) is 32.4 Å². The molecule has 2 aromatic rings. The molecule has 126 valence electrons. The van der Waals surface area contributed by atoms with Crippen molar-refractivity contribution in [2.45, 2.75) is 45.6 Å². The highest BCUT2D eigenvalue weighted by Crippen LogP contribution is 2.42. The third kappa shape index (κ3) is 4.08. The molecule has 1 aliphatic rings. The normalized spacial score (nSPS) is 22.1. The van der Waals surface area contributed by atoms with E-state index < -0.39 is 0 Å². The molecule has 0 aliphatic heterocycles. The first-order chi connectivity index (χ1) is 10.8. The summed E-state index contributed by atoms with van der Waals surface area (Å²) >= 11 is 8.44. The first-order valence-corrected chi connectivity index (χ1v) is 11.1. The summed E-state index contributed by atoms with van der Waals surface area (Å²) in [6.45, 7) is 7.79. The van der Waals surface area contributed by atoms with Crippen molar-refractivity contribution in [2.75, 3.05) is 6.61 Å². The van der Waals surface area contributed by atoms with Gasteiger partial charge in [0, 0.05) is 24.9 Å². The highest BCUT2D eigenvalue weighted by Gasteiger charge is 2.34. The van der Waals surface area contributed by atoms with Gasteiger partial charge in [0.1, 0.15) is 15.0 Å². The maximum absolute atomic E-state index is 6.20. The first-order valence-electron chi connectivity index (χ1n) is 8.11. The second-order valence-corrected chi connectivity index (χ2v) is 10.3. The fourth-order valence-corrected chi connectivity index (χ4v) is 5.40. The van der Waals surface area contributed by atoms with E-state index in [0.29, 0.717) is 22.4 Å². The second kappa shape index (κ2) is 6.97. The molecular weight excluding hydrogens is 441 g/mol. The number of aromatic nitrogens is 3. The molecule has 2 aromatic heterocycles. The highest BCUT2D eigenvalue weighted by molar-refractivity contribution is 14.1. The van der Waals surface area contributed by atoms with Gasteiger partial charge in [-0.15, -0.1) is 0 Å². The average Bonchev–Trinajstić information content (AvgIpc) is 2.73. The minimum absolute atomic E-state index is 0.373. The van der Waals surface area contributed by atoms with Gasteiger partial charge >= 0.3 is 0 Å². The van der Waals surface area contributed by atoms with Gasteiger partial charge in [0.15, 0.2) is 14.9 Å². The zero-order valence-corrected chi connectivity index (χ0v) is 18.2. The van der Waals surface area contributed by atoms with E-state index in [2.05, 4.69) is 52.7 Å². The Kier molecular flexibility index (Phi) is 5.35. The number of fused-ring (bicyclic) bond motifs is 1. The maximum atomic E-state index is 6.20. The van der Waals surface area contributed by atoms with E-state index in [4.69, 9.17) is 21.0 Å². The Balaban J connectivity index is 1.55. The predicted molar refractivity (Wildman–Crippen MR) is 105 cm³/mol. The lowest BCUT2D eigenvalue weighted by Gasteiger charge is -2.34. The molecule has 0 N–H and O–H groups in total. The summed E-state index contributed by atoms with van der Waals surface area (Å²) in [4.78, 5) is 8.88. The minimum atomic E-state index is -0.373. The summed E-state index contributed by atoms with van der Waals surface area (Å²) < 4.78 is 9.03. The standard InChI is InChI=1S/C16H23ClIN3OSi/c1-16(2,3)9-23-22-8-10-6-11(7-10)15-20-14(18)12-13(17)19-4-5-21(12)15/h4-5,10-11H,6-9,23H2,1-3H3. The van der Waals surface area contributed by atoms with Crippen molar-refractivity contribution in [3.05, 3.63) is 27.1 Å². The van der Waals surface area contributed by atoms with Crippen LogP contribution in [0.1, 0.15) is 45.4 Å². The van der Waals surface area contributed by atoms with Gasteiger partial charge in [0.25, 0.3) is 0 Å². The molecule has 2 heterocycles. The Morgan fingerprint density at radius 3 is 2.87 bits per heavy atom. The Morgan fingerprint density at radius 1 is 1.43 bits per heavy atom. The molecule has 1 saturated carbocycles. The smallest absolute Gasteiger partial charge is 0.162 e. The van der Waals surface area contributed by atoms with E-state index in [1.807, 2.05) is 6.20 Å². The van der Waals surface area contributed by atoms with Crippen LogP contribution in [0.3, 0.4) is 0 Å². The summed E-state index contributed by atoms with van der Waals surface area (Å²) in [5.41, 5.74) is 1.34.